The van der Waals surface area contributed by atoms with E-state index >= 15 is 0 Å². The van der Waals surface area contributed by atoms with E-state index in [-0.39, 0.29) is 16.3 Å². The molecule has 0 unspecified atom stereocenters. The predicted octanol–water partition coefficient (Wildman–Crippen LogP) is 3.11. The minimum Gasteiger partial charge on any atom is -0.316 e. The summed E-state index contributed by atoms with van der Waals surface area (Å²) in [5, 5.41) is 4.09. The first kappa shape index (κ1) is 14.7. The number of amides is 1. The molecule has 0 bridgehead atoms. The first-order valence-electron chi connectivity index (χ1n) is 6.21. The smallest absolute Gasteiger partial charge is 0.282 e. The highest BCUT2D eigenvalue weighted by Gasteiger charge is 2.19. The quantitative estimate of drug-likeness (QED) is 0.781. The summed E-state index contributed by atoms with van der Waals surface area (Å²) in [5.41, 5.74) is -0.378. The van der Waals surface area contributed by atoms with Gasteiger partial charge in [-0.3, -0.25) is 14.0 Å². The van der Waals surface area contributed by atoms with Gasteiger partial charge >= 0.3 is 0 Å². The number of fused-ring (bicyclic) bond motifs is 1. The summed E-state index contributed by atoms with van der Waals surface area (Å²) in [6.07, 6.45) is 1.56. The Bertz CT molecular complexity index is 931. The molecule has 0 aliphatic heterocycles. The molecule has 22 heavy (non-hydrogen) atoms. The Kier molecular flexibility index (Phi) is 3.67. The summed E-state index contributed by atoms with van der Waals surface area (Å²) in [7, 11) is 0. The Labute approximate surface area is 133 Å². The van der Waals surface area contributed by atoms with E-state index in [2.05, 4.69) is 10.3 Å². The zero-order chi connectivity index (χ0) is 15.9. The summed E-state index contributed by atoms with van der Waals surface area (Å²) in [4.78, 5) is 29.3. The van der Waals surface area contributed by atoms with Gasteiger partial charge in [0.1, 0.15) is 11.5 Å². The monoisotopic (exact) mass is 337 g/mol. The van der Waals surface area contributed by atoms with Crippen LogP contribution in [0.5, 0.6) is 0 Å². The fraction of sp³-hybridized carbons (Fsp3) is 0.0714. The zero-order valence-corrected chi connectivity index (χ0v) is 12.8. The maximum absolute atomic E-state index is 13.8. The molecule has 0 aliphatic carbocycles. The summed E-state index contributed by atoms with van der Waals surface area (Å²) < 4.78 is 15.1. The minimum atomic E-state index is -0.791. The van der Waals surface area contributed by atoms with Crippen LogP contribution in [0.3, 0.4) is 0 Å². The molecule has 1 N–H and O–H groups in total. The van der Waals surface area contributed by atoms with Gasteiger partial charge in [0, 0.05) is 11.6 Å². The Morgan fingerprint density at radius 2 is 2.23 bits per heavy atom. The molecule has 0 spiro atoms. The second kappa shape index (κ2) is 5.51. The predicted molar refractivity (Wildman–Crippen MR) is 83.4 cm³/mol. The number of hydrogen-bond acceptors (Lipinski definition) is 4. The molecule has 1 aromatic carbocycles. The molecule has 2 aromatic heterocycles. The number of rotatable bonds is 2. The Hall–Kier alpha value is -2.25. The van der Waals surface area contributed by atoms with Crippen molar-refractivity contribution in [2.45, 2.75) is 6.92 Å². The second-order valence-electron chi connectivity index (χ2n) is 4.48. The highest BCUT2D eigenvalue weighted by atomic mass is 35.5. The Morgan fingerprint density at radius 3 is 2.95 bits per heavy atom. The number of nitrogens with one attached hydrogen (secondary N) is 1. The Balaban J connectivity index is 2.07. The molecule has 0 saturated carbocycles. The maximum atomic E-state index is 13.8. The number of hydrogen-bond donors (Lipinski definition) is 1. The molecule has 3 aromatic rings. The van der Waals surface area contributed by atoms with Gasteiger partial charge < -0.3 is 5.32 Å². The Morgan fingerprint density at radius 1 is 1.45 bits per heavy atom. The number of thiazole rings is 1. The molecule has 2 heterocycles. The number of benzene rings is 1. The van der Waals surface area contributed by atoms with Crippen molar-refractivity contribution in [2.75, 3.05) is 5.32 Å². The van der Waals surface area contributed by atoms with Gasteiger partial charge in [-0.25, -0.2) is 9.37 Å². The van der Waals surface area contributed by atoms with Crippen LogP contribution in [0.1, 0.15) is 16.1 Å². The lowest BCUT2D eigenvalue weighted by molar-refractivity contribution is 0.102. The minimum absolute atomic E-state index is 0.000203. The third-order valence-corrected chi connectivity index (χ3v) is 4.15. The maximum Gasteiger partial charge on any atom is 0.282 e. The highest BCUT2D eigenvalue weighted by Crippen LogP contribution is 2.21. The lowest BCUT2D eigenvalue weighted by Gasteiger charge is -2.09. The van der Waals surface area contributed by atoms with E-state index in [1.165, 1.54) is 27.9 Å². The van der Waals surface area contributed by atoms with Crippen molar-refractivity contribution in [1.82, 2.24) is 9.38 Å². The van der Waals surface area contributed by atoms with Crippen LogP contribution in [0.2, 0.25) is 5.02 Å². The molecule has 8 heteroatoms. The van der Waals surface area contributed by atoms with E-state index in [9.17, 15) is 14.0 Å². The van der Waals surface area contributed by atoms with E-state index in [1.54, 1.807) is 18.5 Å². The van der Waals surface area contributed by atoms with Crippen LogP contribution in [-0.2, 0) is 0 Å². The van der Waals surface area contributed by atoms with Crippen LogP contribution in [-0.4, -0.2) is 15.3 Å². The highest BCUT2D eigenvalue weighted by molar-refractivity contribution is 7.15. The normalized spacial score (nSPS) is 10.9. The average Bonchev–Trinajstić information content (AvgIpc) is 2.91. The van der Waals surface area contributed by atoms with Crippen molar-refractivity contribution >= 4 is 39.5 Å². The van der Waals surface area contributed by atoms with Crippen molar-refractivity contribution in [3.63, 3.8) is 0 Å². The van der Waals surface area contributed by atoms with Crippen LogP contribution in [0.25, 0.3) is 4.96 Å². The third kappa shape index (κ3) is 2.38. The number of nitrogens with zero attached hydrogens (tertiary/aromatic N) is 2. The number of anilines is 1. The molecule has 0 radical (unpaired) electrons. The van der Waals surface area contributed by atoms with E-state index in [1.807, 2.05) is 0 Å². The fourth-order valence-corrected chi connectivity index (χ4v) is 3.02. The van der Waals surface area contributed by atoms with E-state index in [4.69, 9.17) is 11.6 Å². The van der Waals surface area contributed by atoms with Crippen molar-refractivity contribution in [3.8, 4) is 0 Å². The first-order valence-corrected chi connectivity index (χ1v) is 7.46. The van der Waals surface area contributed by atoms with Gasteiger partial charge in [0.25, 0.3) is 11.5 Å². The SMILES string of the molecule is Cc1nc2sccn2c(=O)c1NC(=O)c1c(F)cccc1Cl. The molecule has 0 saturated heterocycles. The van der Waals surface area contributed by atoms with Crippen LogP contribution < -0.4 is 10.9 Å². The average molecular weight is 338 g/mol. The number of carbonyl (C=O) groups is 1. The molecule has 3 rings (SSSR count). The standard InChI is InChI=1S/C14H9ClFN3O2S/c1-7-11(13(21)19-5-6-22-14(19)17-7)18-12(20)10-8(15)3-2-4-9(10)16/h2-6H,1H3,(H,18,20). The topological polar surface area (TPSA) is 63.5 Å². The van der Waals surface area contributed by atoms with Crippen molar-refractivity contribution in [1.29, 1.82) is 0 Å². The van der Waals surface area contributed by atoms with Gasteiger partial charge in [0.15, 0.2) is 4.96 Å². The summed E-state index contributed by atoms with van der Waals surface area (Å²) in [6, 6.07) is 3.92. The summed E-state index contributed by atoms with van der Waals surface area (Å²) in [5.74, 6) is -1.55. The van der Waals surface area contributed by atoms with Gasteiger partial charge in [0.05, 0.1) is 16.3 Å². The number of aryl methyl sites for hydroxylation is 1. The fourth-order valence-electron chi connectivity index (χ4n) is 2.02. The van der Waals surface area contributed by atoms with Crippen molar-refractivity contribution in [3.05, 3.63) is 62.2 Å². The van der Waals surface area contributed by atoms with Gasteiger partial charge in [-0.05, 0) is 19.1 Å². The molecule has 1 amide bonds. The lowest BCUT2D eigenvalue weighted by atomic mass is 10.2. The molecule has 0 aliphatic rings. The molecular weight excluding hydrogens is 329 g/mol. The molecule has 0 atom stereocenters. The summed E-state index contributed by atoms with van der Waals surface area (Å²) in [6.45, 7) is 1.60. The van der Waals surface area contributed by atoms with Crippen LogP contribution in [0.15, 0.2) is 34.6 Å². The third-order valence-electron chi connectivity index (χ3n) is 3.08. The number of aromatic nitrogens is 2. The van der Waals surface area contributed by atoms with Gasteiger partial charge in [0.2, 0.25) is 0 Å². The van der Waals surface area contributed by atoms with Crippen molar-refractivity contribution < 1.29 is 9.18 Å². The van der Waals surface area contributed by atoms with Gasteiger partial charge in [-0.1, -0.05) is 17.7 Å². The van der Waals surface area contributed by atoms with Gasteiger partial charge in [-0.2, -0.15) is 0 Å². The van der Waals surface area contributed by atoms with Crippen LogP contribution in [0.4, 0.5) is 10.1 Å². The van der Waals surface area contributed by atoms with E-state index < -0.39 is 17.3 Å². The number of carbonyl (C=O) groups excluding carboxylic acids is 1. The van der Waals surface area contributed by atoms with Crippen LogP contribution >= 0.6 is 22.9 Å². The molecule has 0 fully saturated rings. The first-order chi connectivity index (χ1) is 10.5. The zero-order valence-electron chi connectivity index (χ0n) is 11.3. The van der Waals surface area contributed by atoms with Crippen molar-refractivity contribution in [2.24, 2.45) is 0 Å². The van der Waals surface area contributed by atoms with E-state index in [0.29, 0.717) is 10.7 Å². The molecule has 112 valence electrons. The molecule has 5 nitrogen and oxygen atoms in total. The largest absolute Gasteiger partial charge is 0.316 e. The molecular formula is C14H9ClFN3O2S. The number of halogens is 2. The lowest BCUT2D eigenvalue weighted by Crippen LogP contribution is -2.24. The second-order valence-corrected chi connectivity index (χ2v) is 5.76. The summed E-state index contributed by atoms with van der Waals surface area (Å²) >= 11 is 7.15. The van der Waals surface area contributed by atoms with Crippen LogP contribution in [0, 0.1) is 12.7 Å². The van der Waals surface area contributed by atoms with Gasteiger partial charge in [-0.15, -0.1) is 11.3 Å². The van der Waals surface area contributed by atoms with E-state index in [0.717, 1.165) is 6.07 Å².